The van der Waals surface area contributed by atoms with Gasteiger partial charge in [0.15, 0.2) is 0 Å². The number of nitrogens with zero attached hydrogens (tertiary/aromatic N) is 3. The molecule has 0 atom stereocenters. The lowest BCUT2D eigenvalue weighted by Gasteiger charge is -2.30. The fraction of sp³-hybridized carbons (Fsp3) is 0.333. The number of rotatable bonds is 5. The third-order valence-electron chi connectivity index (χ3n) is 4.56. The first-order valence-corrected chi connectivity index (χ1v) is 8.74. The lowest BCUT2D eigenvalue weighted by Crippen LogP contribution is -2.46. The molecule has 1 aromatic heterocycles. The molecule has 0 saturated carbocycles. The summed E-state index contributed by atoms with van der Waals surface area (Å²) in [6.45, 7) is 2.33. The predicted molar refractivity (Wildman–Crippen MR) is 96.4 cm³/mol. The number of morpholine rings is 1. The van der Waals surface area contributed by atoms with E-state index in [1.807, 2.05) is 4.90 Å². The maximum Gasteiger partial charge on any atom is 0.471 e. The zero-order valence-corrected chi connectivity index (χ0v) is 15.0. The van der Waals surface area contributed by atoms with E-state index >= 15 is 0 Å². The van der Waals surface area contributed by atoms with Crippen molar-refractivity contribution in [2.45, 2.75) is 12.7 Å². The van der Waals surface area contributed by atoms with Gasteiger partial charge in [0.05, 0.1) is 13.2 Å². The van der Waals surface area contributed by atoms with Crippen molar-refractivity contribution in [3.63, 3.8) is 0 Å². The van der Waals surface area contributed by atoms with Crippen LogP contribution in [0, 0.1) is 0 Å². The molecule has 0 aliphatic carbocycles. The Bertz CT molecular complexity index is 1080. The summed E-state index contributed by atoms with van der Waals surface area (Å²) in [5.74, 6) is -1.58. The van der Waals surface area contributed by atoms with Crippen LogP contribution in [0.5, 0.6) is 0 Å². The Morgan fingerprint density at radius 3 is 2.38 bits per heavy atom. The molecule has 3 aromatic rings. The molecule has 0 radical (unpaired) electrons. The van der Waals surface area contributed by atoms with Crippen LogP contribution in [0.3, 0.4) is 0 Å². The highest BCUT2D eigenvalue weighted by atomic mass is 19.4. The smallest absolute Gasteiger partial charge is 0.378 e. The van der Waals surface area contributed by atoms with E-state index in [2.05, 4.69) is 20.0 Å². The molecule has 11 heteroatoms. The van der Waals surface area contributed by atoms with E-state index < -0.39 is 22.9 Å². The van der Waals surface area contributed by atoms with Gasteiger partial charge >= 0.3 is 12.1 Å². The van der Waals surface area contributed by atoms with Crippen LogP contribution in [-0.4, -0.2) is 36.4 Å². The Morgan fingerprint density at radius 1 is 1.07 bits per heavy atom. The molecule has 0 spiro atoms. The summed E-state index contributed by atoms with van der Waals surface area (Å²) >= 11 is 0. The summed E-state index contributed by atoms with van der Waals surface area (Å²) in [4.78, 5) is 29.0. The Morgan fingerprint density at radius 2 is 1.76 bits per heavy atom. The van der Waals surface area contributed by atoms with Crippen LogP contribution < -0.4 is 21.1 Å². The second kappa shape index (κ2) is 7.32. The van der Waals surface area contributed by atoms with Crippen molar-refractivity contribution >= 4 is 11.4 Å². The van der Waals surface area contributed by atoms with Crippen LogP contribution in [0.1, 0.15) is 11.5 Å². The number of nitrogens with one attached hydrogen (secondary N) is 1. The lowest BCUT2D eigenvalue weighted by molar-refractivity contribution is -0.159. The third-order valence-corrected chi connectivity index (χ3v) is 4.56. The number of hydrogen-bond acceptors (Lipinski definition) is 8. The normalized spacial score (nSPS) is 15.1. The first kappa shape index (κ1) is 19.1. The lowest BCUT2D eigenvalue weighted by atomic mass is 10.1. The van der Waals surface area contributed by atoms with Gasteiger partial charge in [-0.3, -0.25) is 9.59 Å². The van der Waals surface area contributed by atoms with E-state index in [9.17, 15) is 22.8 Å². The number of aromatic nitrogens is 2. The average molecular weight is 408 g/mol. The minimum Gasteiger partial charge on any atom is -0.378 e. The van der Waals surface area contributed by atoms with Crippen LogP contribution in [-0.2, 0) is 17.5 Å². The molecule has 152 valence electrons. The summed E-state index contributed by atoms with van der Waals surface area (Å²) in [5.41, 5.74) is 0.692. The van der Waals surface area contributed by atoms with Gasteiger partial charge in [-0.15, -0.1) is 0 Å². The van der Waals surface area contributed by atoms with Crippen molar-refractivity contribution in [3.05, 3.63) is 56.2 Å². The highest BCUT2D eigenvalue weighted by Crippen LogP contribution is 2.29. The first-order chi connectivity index (χ1) is 13.8. The first-order valence-electron chi connectivity index (χ1n) is 8.74. The van der Waals surface area contributed by atoms with Crippen molar-refractivity contribution in [1.29, 1.82) is 0 Å². The maximum atomic E-state index is 12.6. The van der Waals surface area contributed by atoms with E-state index in [0.29, 0.717) is 37.6 Å². The molecule has 8 nitrogen and oxygen atoms in total. The Balaban J connectivity index is 1.44. The Hall–Kier alpha value is -3.21. The predicted octanol–water partition coefficient (Wildman–Crippen LogP) is 1.80. The number of hydrogen-bond donors (Lipinski definition) is 1. The van der Waals surface area contributed by atoms with Gasteiger partial charge in [-0.25, -0.2) is 0 Å². The van der Waals surface area contributed by atoms with Gasteiger partial charge in [0.25, 0.3) is 10.9 Å². The van der Waals surface area contributed by atoms with Crippen LogP contribution >= 0.6 is 0 Å². The molecule has 2 heterocycles. The van der Waals surface area contributed by atoms with E-state index in [4.69, 9.17) is 4.74 Å². The minimum atomic E-state index is -4.70. The van der Waals surface area contributed by atoms with Gasteiger partial charge in [0.2, 0.25) is 5.82 Å². The standard InChI is InChI=1S/C18H15F3N4O4/c19-18(20,21)17-23-16(24-29-17)11-3-1-10(2-4-11)9-22-12-13(15(27)14(12)26)25-5-7-28-8-6-25/h1-4,22H,5-9H2. The Labute approximate surface area is 161 Å². The van der Waals surface area contributed by atoms with Crippen molar-refractivity contribution < 1.29 is 22.4 Å². The van der Waals surface area contributed by atoms with Crippen molar-refractivity contribution in [1.82, 2.24) is 10.1 Å². The molecule has 1 N–H and O–H groups in total. The summed E-state index contributed by atoms with van der Waals surface area (Å²) in [6.07, 6.45) is -4.70. The number of alkyl halides is 3. The number of ether oxygens (including phenoxy) is 1. The SMILES string of the molecule is O=c1c(NCc2ccc(-c3noc(C(F)(F)F)n3)cc2)c(N2CCOCC2)c1=O. The molecule has 1 fully saturated rings. The summed E-state index contributed by atoms with van der Waals surface area (Å²) in [5, 5.41) is 6.31. The second-order valence-corrected chi connectivity index (χ2v) is 6.45. The van der Waals surface area contributed by atoms with E-state index in [-0.39, 0.29) is 18.1 Å². The van der Waals surface area contributed by atoms with Gasteiger partial charge in [-0.2, -0.15) is 18.2 Å². The molecule has 1 aliphatic heterocycles. The fourth-order valence-corrected chi connectivity index (χ4v) is 3.05. The Kier molecular flexibility index (Phi) is 4.82. The van der Waals surface area contributed by atoms with Crippen molar-refractivity contribution in [3.8, 4) is 11.4 Å². The van der Waals surface area contributed by atoms with Crippen LogP contribution in [0.2, 0.25) is 0 Å². The molecular formula is C18H15F3N4O4. The summed E-state index contributed by atoms with van der Waals surface area (Å²) in [7, 11) is 0. The molecule has 0 amide bonds. The molecule has 4 rings (SSSR count). The zero-order valence-electron chi connectivity index (χ0n) is 15.0. The summed E-state index contributed by atoms with van der Waals surface area (Å²) < 4.78 is 47.1. The van der Waals surface area contributed by atoms with Crippen molar-refractivity contribution in [2.75, 3.05) is 36.5 Å². The molecule has 1 saturated heterocycles. The van der Waals surface area contributed by atoms with Gasteiger partial charge < -0.3 is 19.5 Å². The molecule has 2 aromatic carbocycles. The average Bonchev–Trinajstić information content (AvgIpc) is 3.22. The summed E-state index contributed by atoms with van der Waals surface area (Å²) in [6, 6.07) is 6.41. The number of anilines is 2. The quantitative estimate of drug-likeness (QED) is 0.639. The number of halogens is 3. The van der Waals surface area contributed by atoms with Crippen LogP contribution in [0.4, 0.5) is 24.5 Å². The fourth-order valence-electron chi connectivity index (χ4n) is 3.05. The minimum absolute atomic E-state index is 0.172. The largest absolute Gasteiger partial charge is 0.471 e. The van der Waals surface area contributed by atoms with Crippen molar-refractivity contribution in [2.24, 2.45) is 0 Å². The van der Waals surface area contributed by atoms with Gasteiger partial charge in [0, 0.05) is 25.2 Å². The number of benzene rings is 1. The molecule has 1 aliphatic rings. The highest BCUT2D eigenvalue weighted by molar-refractivity contribution is 5.75. The zero-order chi connectivity index (χ0) is 20.6. The molecule has 0 bridgehead atoms. The monoisotopic (exact) mass is 408 g/mol. The van der Waals surface area contributed by atoms with Crippen LogP contribution in [0.15, 0.2) is 38.4 Å². The topological polar surface area (TPSA) is 97.6 Å². The second-order valence-electron chi connectivity index (χ2n) is 6.45. The molecule has 0 unspecified atom stereocenters. The highest BCUT2D eigenvalue weighted by Gasteiger charge is 2.38. The van der Waals surface area contributed by atoms with Gasteiger partial charge in [-0.1, -0.05) is 29.4 Å². The third kappa shape index (κ3) is 3.73. The molecular weight excluding hydrogens is 393 g/mol. The molecule has 29 heavy (non-hydrogen) atoms. The van der Waals surface area contributed by atoms with E-state index in [0.717, 1.165) is 5.56 Å². The van der Waals surface area contributed by atoms with Gasteiger partial charge in [-0.05, 0) is 5.56 Å². The van der Waals surface area contributed by atoms with Crippen LogP contribution in [0.25, 0.3) is 11.4 Å². The van der Waals surface area contributed by atoms with E-state index in [1.165, 1.54) is 0 Å². The van der Waals surface area contributed by atoms with E-state index in [1.54, 1.807) is 24.3 Å². The van der Waals surface area contributed by atoms with Gasteiger partial charge in [0.1, 0.15) is 11.4 Å². The maximum absolute atomic E-state index is 12.6.